The second-order valence-corrected chi connectivity index (χ2v) is 8.20. The second kappa shape index (κ2) is 8.86. The summed E-state index contributed by atoms with van der Waals surface area (Å²) in [6.07, 6.45) is 0.665. The number of thioether (sulfide) groups is 2. The summed E-state index contributed by atoms with van der Waals surface area (Å²) >= 11 is 3.92. The van der Waals surface area contributed by atoms with Crippen LogP contribution < -0.4 is 0 Å². The van der Waals surface area contributed by atoms with Crippen LogP contribution in [-0.2, 0) is 18.9 Å². The van der Waals surface area contributed by atoms with Gasteiger partial charge in [-0.1, -0.05) is 13.8 Å². The van der Waals surface area contributed by atoms with Crippen LogP contribution >= 0.6 is 23.5 Å². The van der Waals surface area contributed by atoms with Crippen LogP contribution in [0.1, 0.15) is 13.8 Å². The van der Waals surface area contributed by atoms with Crippen molar-refractivity contribution >= 4 is 23.5 Å². The maximum absolute atomic E-state index is 5.88. The number of epoxide rings is 2. The van der Waals surface area contributed by atoms with Crippen molar-refractivity contribution in [3.05, 3.63) is 0 Å². The molecule has 2 unspecified atom stereocenters. The van der Waals surface area contributed by atoms with Crippen LogP contribution in [0, 0.1) is 0 Å². The highest BCUT2D eigenvalue weighted by molar-refractivity contribution is 8.03. The van der Waals surface area contributed by atoms with Gasteiger partial charge in [0.2, 0.25) is 0 Å². The number of hydrogen-bond donors (Lipinski definition) is 0. The molecule has 0 aromatic heterocycles. The van der Waals surface area contributed by atoms with Crippen molar-refractivity contribution in [2.24, 2.45) is 0 Å². The highest BCUT2D eigenvalue weighted by Gasteiger charge is 2.33. The molecule has 2 atom stereocenters. The van der Waals surface area contributed by atoms with E-state index >= 15 is 0 Å². The largest absolute Gasteiger partial charge is 0.377 e. The first-order chi connectivity index (χ1) is 9.78. The maximum Gasteiger partial charge on any atom is 0.104 e. The Morgan fingerprint density at radius 3 is 1.95 bits per heavy atom. The van der Waals surface area contributed by atoms with Crippen molar-refractivity contribution < 1.29 is 18.9 Å². The Labute approximate surface area is 130 Å². The van der Waals surface area contributed by atoms with Gasteiger partial charge in [0, 0.05) is 5.75 Å². The van der Waals surface area contributed by atoms with Gasteiger partial charge in [-0.25, -0.2) is 0 Å². The van der Waals surface area contributed by atoms with Gasteiger partial charge in [-0.05, 0) is 11.5 Å². The van der Waals surface area contributed by atoms with Crippen molar-refractivity contribution in [1.82, 2.24) is 0 Å². The number of ether oxygens (including phenoxy) is 4. The van der Waals surface area contributed by atoms with E-state index in [1.807, 2.05) is 23.5 Å². The molecular weight excluding hydrogens is 296 g/mol. The third-order valence-corrected chi connectivity index (χ3v) is 5.79. The summed E-state index contributed by atoms with van der Waals surface area (Å²) in [5, 5.41) is 0. The molecule has 0 saturated carbocycles. The van der Waals surface area contributed by atoms with Crippen LogP contribution in [0.4, 0.5) is 0 Å². The van der Waals surface area contributed by atoms with Crippen molar-refractivity contribution in [2.75, 3.05) is 56.9 Å². The van der Waals surface area contributed by atoms with Crippen molar-refractivity contribution in [2.45, 2.75) is 30.8 Å². The first kappa shape index (κ1) is 16.9. The monoisotopic (exact) mass is 322 g/mol. The minimum Gasteiger partial charge on any atom is -0.377 e. The molecule has 0 N–H and O–H groups in total. The molecule has 0 amide bonds. The van der Waals surface area contributed by atoms with Gasteiger partial charge in [0.15, 0.2) is 0 Å². The van der Waals surface area contributed by atoms with E-state index in [9.17, 15) is 0 Å². The highest BCUT2D eigenvalue weighted by Crippen LogP contribution is 2.31. The first-order valence-corrected chi connectivity index (χ1v) is 9.52. The topological polar surface area (TPSA) is 43.5 Å². The van der Waals surface area contributed by atoms with E-state index in [-0.39, 0.29) is 4.75 Å². The van der Waals surface area contributed by atoms with E-state index in [0.29, 0.717) is 25.4 Å². The van der Waals surface area contributed by atoms with Gasteiger partial charge < -0.3 is 18.9 Å². The first-order valence-electron chi connectivity index (χ1n) is 7.38. The molecule has 20 heavy (non-hydrogen) atoms. The standard InChI is InChI=1S/C14H26O4S2/c1-3-19-11-14(20-4-2,9-15-5-12-7-17-12)10-16-6-13-8-18-13/h12-13H,3-11H2,1-2H3. The van der Waals surface area contributed by atoms with Gasteiger partial charge >= 0.3 is 0 Å². The van der Waals surface area contributed by atoms with Gasteiger partial charge in [-0.15, -0.1) is 11.8 Å². The summed E-state index contributed by atoms with van der Waals surface area (Å²) in [7, 11) is 0. The quantitative estimate of drug-likeness (QED) is 0.484. The smallest absolute Gasteiger partial charge is 0.104 e. The van der Waals surface area contributed by atoms with Crippen molar-refractivity contribution in [3.8, 4) is 0 Å². The Bertz CT molecular complexity index is 252. The summed E-state index contributed by atoms with van der Waals surface area (Å²) in [6, 6.07) is 0. The maximum atomic E-state index is 5.88. The molecule has 0 aromatic carbocycles. The molecule has 6 heteroatoms. The molecular formula is C14H26O4S2. The molecule has 0 aliphatic carbocycles. The zero-order valence-electron chi connectivity index (χ0n) is 12.5. The lowest BCUT2D eigenvalue weighted by Crippen LogP contribution is -2.40. The lowest BCUT2D eigenvalue weighted by Gasteiger charge is -2.32. The van der Waals surface area contributed by atoms with E-state index in [2.05, 4.69) is 13.8 Å². The Morgan fingerprint density at radius 2 is 1.55 bits per heavy atom. The molecule has 0 aromatic rings. The summed E-state index contributed by atoms with van der Waals surface area (Å²) in [4.78, 5) is 0. The van der Waals surface area contributed by atoms with Crippen LogP contribution in [0.5, 0.6) is 0 Å². The van der Waals surface area contributed by atoms with Crippen molar-refractivity contribution in [3.63, 3.8) is 0 Å². The Morgan fingerprint density at radius 1 is 1.00 bits per heavy atom. The van der Waals surface area contributed by atoms with Crippen LogP contribution in [0.25, 0.3) is 0 Å². The second-order valence-electron chi connectivity index (χ2n) is 5.19. The molecule has 118 valence electrons. The third kappa shape index (κ3) is 6.54. The summed E-state index contributed by atoms with van der Waals surface area (Å²) in [5.74, 6) is 3.28. The SMILES string of the molecule is CCSCC(COCC1CO1)(COCC1CO1)SCC. The van der Waals surface area contributed by atoms with Gasteiger partial charge in [0.25, 0.3) is 0 Å². The summed E-state index contributed by atoms with van der Waals surface area (Å²) < 4.78 is 22.2. The van der Waals surface area contributed by atoms with Gasteiger partial charge in [-0.2, -0.15) is 11.8 Å². The molecule has 0 spiro atoms. The Balaban J connectivity index is 1.77. The van der Waals surface area contributed by atoms with E-state index < -0.39 is 0 Å². The van der Waals surface area contributed by atoms with Crippen LogP contribution in [0.2, 0.25) is 0 Å². The van der Waals surface area contributed by atoms with E-state index in [1.165, 1.54) is 0 Å². The fraction of sp³-hybridized carbons (Fsp3) is 1.00. The molecule has 2 aliphatic heterocycles. The fourth-order valence-electron chi connectivity index (χ4n) is 1.93. The normalized spacial score (nSPS) is 27.3. The highest BCUT2D eigenvalue weighted by atomic mass is 32.2. The van der Waals surface area contributed by atoms with Crippen LogP contribution in [0.15, 0.2) is 0 Å². The molecule has 0 radical (unpaired) electrons. The van der Waals surface area contributed by atoms with Gasteiger partial charge in [0.05, 0.1) is 44.4 Å². The predicted molar refractivity (Wildman–Crippen MR) is 85.0 cm³/mol. The Hall–Kier alpha value is 0.540. The summed E-state index contributed by atoms with van der Waals surface area (Å²) in [5.41, 5.74) is 0. The van der Waals surface area contributed by atoms with E-state index in [4.69, 9.17) is 18.9 Å². The summed E-state index contributed by atoms with van der Waals surface area (Å²) in [6.45, 7) is 9.02. The molecule has 2 aliphatic rings. The average molecular weight is 322 g/mol. The third-order valence-electron chi connectivity index (χ3n) is 3.16. The molecule has 2 fully saturated rings. The van der Waals surface area contributed by atoms with E-state index in [0.717, 1.165) is 43.7 Å². The lowest BCUT2D eigenvalue weighted by atomic mass is 10.2. The van der Waals surface area contributed by atoms with Crippen LogP contribution in [-0.4, -0.2) is 73.9 Å². The van der Waals surface area contributed by atoms with E-state index in [1.54, 1.807) is 0 Å². The van der Waals surface area contributed by atoms with Crippen molar-refractivity contribution in [1.29, 1.82) is 0 Å². The minimum atomic E-state index is 0.0548. The molecule has 2 rings (SSSR count). The number of hydrogen-bond acceptors (Lipinski definition) is 6. The zero-order valence-corrected chi connectivity index (χ0v) is 14.1. The van der Waals surface area contributed by atoms with Gasteiger partial charge in [0.1, 0.15) is 12.2 Å². The fourth-order valence-corrected chi connectivity index (χ4v) is 4.20. The molecule has 4 nitrogen and oxygen atoms in total. The number of rotatable bonds is 13. The Kier molecular flexibility index (Phi) is 7.48. The molecule has 0 bridgehead atoms. The predicted octanol–water partition coefficient (Wildman–Crippen LogP) is 2.06. The minimum absolute atomic E-state index is 0.0548. The van der Waals surface area contributed by atoms with Gasteiger partial charge in [-0.3, -0.25) is 0 Å². The zero-order chi connectivity index (χ0) is 14.3. The van der Waals surface area contributed by atoms with Crippen LogP contribution in [0.3, 0.4) is 0 Å². The average Bonchev–Trinajstić information content (AvgIpc) is 3.30. The molecule has 2 saturated heterocycles. The molecule has 2 heterocycles. The lowest BCUT2D eigenvalue weighted by molar-refractivity contribution is 0.0503.